The molecule has 5 rings (SSSR count). The summed E-state index contributed by atoms with van der Waals surface area (Å²) in [4.78, 5) is 7.60. The number of aryl methyl sites for hydroxylation is 1. The molecule has 0 bridgehead atoms. The molecular weight excluding hydrogens is 373 g/mol. The molecule has 4 aromatic heterocycles. The minimum absolute atomic E-state index is 0.271. The van der Waals surface area contributed by atoms with Gasteiger partial charge in [-0.25, -0.2) is 9.37 Å². The van der Waals surface area contributed by atoms with Gasteiger partial charge in [0, 0.05) is 48.7 Å². The predicted molar refractivity (Wildman–Crippen MR) is 105 cm³/mol. The zero-order chi connectivity index (χ0) is 19.8. The lowest BCUT2D eigenvalue weighted by atomic mass is 10.1. The number of hydrogen-bond acceptors (Lipinski definition) is 6. The first-order valence-electron chi connectivity index (χ1n) is 8.94. The molecule has 0 aliphatic carbocycles. The van der Waals surface area contributed by atoms with Crippen LogP contribution in [0.4, 0.5) is 10.4 Å². The fraction of sp³-hybridized carbons (Fsp3) is 0.100. The van der Waals surface area contributed by atoms with E-state index >= 15 is 0 Å². The van der Waals surface area contributed by atoms with E-state index in [-0.39, 0.29) is 11.8 Å². The van der Waals surface area contributed by atoms with Crippen LogP contribution in [-0.4, -0.2) is 29.9 Å². The SMILES string of the molecule is Cn1cc(-c2cnc3[nH]cc(-c4nnc(NCc5ccc(F)cc5)o4)c3c2)cn1. The number of nitrogens with zero attached hydrogens (tertiary/aromatic N) is 5. The van der Waals surface area contributed by atoms with E-state index in [4.69, 9.17) is 4.42 Å². The third-order valence-corrected chi connectivity index (χ3v) is 4.58. The number of hydrogen-bond donors (Lipinski definition) is 2. The molecule has 144 valence electrons. The summed E-state index contributed by atoms with van der Waals surface area (Å²) in [6.07, 6.45) is 7.31. The first-order valence-corrected chi connectivity index (χ1v) is 8.94. The van der Waals surface area contributed by atoms with E-state index < -0.39 is 0 Å². The topological polar surface area (TPSA) is 97.5 Å². The lowest BCUT2D eigenvalue weighted by Gasteiger charge is -2.01. The van der Waals surface area contributed by atoms with E-state index in [9.17, 15) is 4.39 Å². The highest BCUT2D eigenvalue weighted by Crippen LogP contribution is 2.30. The number of aromatic amines is 1. The molecule has 0 saturated heterocycles. The van der Waals surface area contributed by atoms with Crippen molar-refractivity contribution in [2.24, 2.45) is 7.05 Å². The van der Waals surface area contributed by atoms with Gasteiger partial charge in [0.1, 0.15) is 11.5 Å². The molecule has 0 unspecified atom stereocenters. The Morgan fingerprint density at radius 3 is 2.79 bits per heavy atom. The van der Waals surface area contributed by atoms with Crippen LogP contribution >= 0.6 is 0 Å². The number of rotatable bonds is 5. The Kier molecular flexibility index (Phi) is 4.05. The number of nitrogens with one attached hydrogen (secondary N) is 2. The summed E-state index contributed by atoms with van der Waals surface area (Å²) in [7, 11) is 1.87. The van der Waals surface area contributed by atoms with Crippen LogP contribution in [0, 0.1) is 5.82 Å². The van der Waals surface area contributed by atoms with Gasteiger partial charge < -0.3 is 14.7 Å². The molecule has 5 aromatic rings. The van der Waals surface area contributed by atoms with Crippen LogP contribution < -0.4 is 5.32 Å². The summed E-state index contributed by atoms with van der Waals surface area (Å²) >= 11 is 0. The number of aromatic nitrogens is 6. The number of halogens is 1. The van der Waals surface area contributed by atoms with Crippen molar-refractivity contribution in [2.75, 3.05) is 5.32 Å². The summed E-state index contributed by atoms with van der Waals surface area (Å²) in [5.74, 6) is 0.107. The Bertz CT molecular complexity index is 1290. The standard InChI is InChI=1S/C20H16FN7O/c1-28-11-14(9-25-28)13-6-16-17(10-23-18(16)22-8-13)19-26-27-20(29-19)24-7-12-2-4-15(21)5-3-12/h2-6,8-11H,7H2,1H3,(H,22,23)(H,24,27). The second kappa shape index (κ2) is 6.86. The van der Waals surface area contributed by atoms with E-state index in [1.807, 2.05) is 19.3 Å². The number of fused-ring (bicyclic) bond motifs is 1. The lowest BCUT2D eigenvalue weighted by Crippen LogP contribution is -1.99. The average Bonchev–Trinajstić information content (AvgIpc) is 3.46. The molecule has 2 N–H and O–H groups in total. The molecule has 8 nitrogen and oxygen atoms in total. The molecule has 0 fully saturated rings. The van der Waals surface area contributed by atoms with Crippen molar-refractivity contribution in [2.45, 2.75) is 6.54 Å². The zero-order valence-corrected chi connectivity index (χ0v) is 15.4. The van der Waals surface area contributed by atoms with Crippen LogP contribution in [0.2, 0.25) is 0 Å². The van der Waals surface area contributed by atoms with Crippen LogP contribution in [0.15, 0.2) is 59.5 Å². The molecule has 0 atom stereocenters. The molecule has 0 aliphatic heterocycles. The Labute approximate surface area is 164 Å². The van der Waals surface area contributed by atoms with Crippen LogP contribution in [0.1, 0.15) is 5.56 Å². The van der Waals surface area contributed by atoms with Crippen molar-refractivity contribution in [3.8, 4) is 22.6 Å². The van der Waals surface area contributed by atoms with E-state index in [2.05, 4.69) is 30.6 Å². The number of pyridine rings is 1. The molecule has 0 saturated carbocycles. The third-order valence-electron chi connectivity index (χ3n) is 4.58. The van der Waals surface area contributed by atoms with Crippen LogP contribution in [-0.2, 0) is 13.6 Å². The fourth-order valence-corrected chi connectivity index (χ4v) is 3.09. The van der Waals surface area contributed by atoms with Gasteiger partial charge in [-0.1, -0.05) is 17.2 Å². The molecule has 29 heavy (non-hydrogen) atoms. The highest BCUT2D eigenvalue weighted by molar-refractivity contribution is 5.93. The normalized spacial score (nSPS) is 11.2. The second-order valence-corrected chi connectivity index (χ2v) is 6.62. The molecule has 1 aromatic carbocycles. The van der Waals surface area contributed by atoms with Crippen molar-refractivity contribution >= 4 is 17.0 Å². The van der Waals surface area contributed by atoms with Gasteiger partial charge in [-0.05, 0) is 23.8 Å². The largest absolute Gasteiger partial charge is 0.403 e. The third kappa shape index (κ3) is 3.33. The van der Waals surface area contributed by atoms with Crippen molar-refractivity contribution < 1.29 is 8.81 Å². The fourth-order valence-electron chi connectivity index (χ4n) is 3.09. The Morgan fingerprint density at radius 2 is 2.00 bits per heavy atom. The van der Waals surface area contributed by atoms with Crippen molar-refractivity contribution in [3.63, 3.8) is 0 Å². The van der Waals surface area contributed by atoms with E-state index in [1.54, 1.807) is 35.4 Å². The number of H-pyrrole nitrogens is 1. The maximum absolute atomic E-state index is 13.0. The maximum atomic E-state index is 13.0. The van der Waals surface area contributed by atoms with Gasteiger partial charge in [0.05, 0.1) is 11.8 Å². The quantitative estimate of drug-likeness (QED) is 0.475. The van der Waals surface area contributed by atoms with Gasteiger partial charge in [0.25, 0.3) is 5.89 Å². The van der Waals surface area contributed by atoms with E-state index in [1.165, 1.54) is 12.1 Å². The smallest absolute Gasteiger partial charge is 0.316 e. The first kappa shape index (κ1) is 17.1. The van der Waals surface area contributed by atoms with Gasteiger partial charge in [-0.3, -0.25) is 4.68 Å². The van der Waals surface area contributed by atoms with E-state index in [0.717, 1.165) is 33.3 Å². The summed E-state index contributed by atoms with van der Waals surface area (Å²) in [5.41, 5.74) is 4.32. The van der Waals surface area contributed by atoms with Gasteiger partial charge in [0.2, 0.25) is 0 Å². The first-order chi connectivity index (χ1) is 14.2. The minimum atomic E-state index is -0.271. The highest BCUT2D eigenvalue weighted by atomic mass is 19.1. The Balaban J connectivity index is 1.41. The van der Waals surface area contributed by atoms with Crippen LogP contribution in [0.3, 0.4) is 0 Å². The molecule has 9 heteroatoms. The number of benzene rings is 1. The summed E-state index contributed by atoms with van der Waals surface area (Å²) in [6, 6.07) is 8.52. The predicted octanol–water partition coefficient (Wildman–Crippen LogP) is 3.76. The highest BCUT2D eigenvalue weighted by Gasteiger charge is 2.15. The van der Waals surface area contributed by atoms with Gasteiger partial charge in [-0.15, -0.1) is 5.10 Å². The van der Waals surface area contributed by atoms with E-state index in [0.29, 0.717) is 12.4 Å². The second-order valence-electron chi connectivity index (χ2n) is 6.62. The van der Waals surface area contributed by atoms with Gasteiger partial charge in [0.15, 0.2) is 0 Å². The Hall–Kier alpha value is -4.01. The van der Waals surface area contributed by atoms with Crippen molar-refractivity contribution in [1.82, 2.24) is 29.9 Å². The van der Waals surface area contributed by atoms with Crippen molar-refractivity contribution in [3.05, 3.63) is 66.5 Å². The average molecular weight is 389 g/mol. The molecule has 0 spiro atoms. The number of anilines is 1. The van der Waals surface area contributed by atoms with Crippen molar-refractivity contribution in [1.29, 1.82) is 0 Å². The molecule has 0 amide bonds. The molecular formula is C20H16FN7O. The summed E-state index contributed by atoms with van der Waals surface area (Å²) in [5, 5.41) is 16.3. The van der Waals surface area contributed by atoms with Crippen LogP contribution in [0.25, 0.3) is 33.6 Å². The minimum Gasteiger partial charge on any atom is -0.403 e. The maximum Gasteiger partial charge on any atom is 0.316 e. The van der Waals surface area contributed by atoms with Crippen LogP contribution in [0.5, 0.6) is 0 Å². The van der Waals surface area contributed by atoms with Gasteiger partial charge >= 0.3 is 6.01 Å². The van der Waals surface area contributed by atoms with Gasteiger partial charge in [-0.2, -0.15) is 5.10 Å². The molecule has 4 heterocycles. The summed E-state index contributed by atoms with van der Waals surface area (Å²) in [6.45, 7) is 0.447. The lowest BCUT2D eigenvalue weighted by molar-refractivity contribution is 0.581. The monoisotopic (exact) mass is 389 g/mol. The summed E-state index contributed by atoms with van der Waals surface area (Å²) < 4.78 is 20.5. The molecule has 0 radical (unpaired) electrons. The molecule has 0 aliphatic rings. The zero-order valence-electron chi connectivity index (χ0n) is 15.4. The Morgan fingerprint density at radius 1 is 1.14 bits per heavy atom.